The van der Waals surface area contributed by atoms with Crippen LogP contribution < -0.4 is 5.32 Å². The summed E-state index contributed by atoms with van der Waals surface area (Å²) in [4.78, 5) is 17.1. The number of anilines is 1. The summed E-state index contributed by atoms with van der Waals surface area (Å²) in [5, 5.41) is 15.8. The van der Waals surface area contributed by atoms with E-state index in [0.29, 0.717) is 17.3 Å². The van der Waals surface area contributed by atoms with E-state index in [1.807, 2.05) is 53.2 Å². The number of hydrogen-bond acceptors (Lipinski definition) is 5. The molecule has 7 nitrogen and oxygen atoms in total. The first kappa shape index (κ1) is 15.6. The maximum atomic E-state index is 12.8. The minimum atomic E-state index is -0.174. The van der Waals surface area contributed by atoms with Crippen LogP contribution in [0.5, 0.6) is 0 Å². The van der Waals surface area contributed by atoms with Crippen molar-refractivity contribution in [1.82, 2.24) is 25.2 Å². The third-order valence-corrected chi connectivity index (χ3v) is 4.65. The van der Waals surface area contributed by atoms with Gasteiger partial charge in [-0.3, -0.25) is 9.78 Å². The molecule has 1 amide bonds. The van der Waals surface area contributed by atoms with Gasteiger partial charge in [-0.15, -0.1) is 5.10 Å². The average Bonchev–Trinajstić information content (AvgIpc) is 3.44. The second-order valence-corrected chi connectivity index (χ2v) is 6.59. The summed E-state index contributed by atoms with van der Waals surface area (Å²) >= 11 is 0. The van der Waals surface area contributed by atoms with Crippen LogP contribution in [0.25, 0.3) is 22.3 Å². The quantitative estimate of drug-likeness (QED) is 0.605. The van der Waals surface area contributed by atoms with Gasteiger partial charge in [0.25, 0.3) is 5.91 Å². The fraction of sp³-hybridized carbons (Fsp3) is 0.150. The molecule has 5 rings (SSSR count). The van der Waals surface area contributed by atoms with E-state index in [2.05, 4.69) is 25.8 Å². The van der Waals surface area contributed by atoms with Gasteiger partial charge >= 0.3 is 0 Å². The normalized spacial score (nSPS) is 13.6. The summed E-state index contributed by atoms with van der Waals surface area (Å²) in [6.07, 6.45) is 3.92. The molecule has 0 spiro atoms. The van der Waals surface area contributed by atoms with Crippen LogP contribution in [-0.4, -0.2) is 31.1 Å². The van der Waals surface area contributed by atoms with E-state index in [0.717, 1.165) is 35.1 Å². The van der Waals surface area contributed by atoms with Crippen LogP contribution in [0.2, 0.25) is 0 Å². The molecule has 2 heterocycles. The number of fused-ring (bicyclic) bond motifs is 1. The van der Waals surface area contributed by atoms with Gasteiger partial charge in [0.2, 0.25) is 0 Å². The van der Waals surface area contributed by atoms with Gasteiger partial charge in [-0.05, 0) is 53.6 Å². The standard InChI is InChI=1S/C20H16N6O/c27-20(17-6-2-8-18-16(17)7-3-11-21-18)22-14-5-1-4-13(12-14)19-23-24-25-26(19)15-9-10-15/h1-8,11-12,15H,9-10H2,(H,22,27). The minimum Gasteiger partial charge on any atom is -0.322 e. The molecule has 2 aromatic heterocycles. The summed E-state index contributed by atoms with van der Waals surface area (Å²) < 4.78 is 1.86. The first-order chi connectivity index (χ1) is 13.3. The van der Waals surface area contributed by atoms with Gasteiger partial charge in [0, 0.05) is 28.4 Å². The summed E-state index contributed by atoms with van der Waals surface area (Å²) in [5.41, 5.74) is 2.96. The maximum Gasteiger partial charge on any atom is 0.256 e. The van der Waals surface area contributed by atoms with Gasteiger partial charge in [-0.1, -0.05) is 24.3 Å². The van der Waals surface area contributed by atoms with E-state index >= 15 is 0 Å². The largest absolute Gasteiger partial charge is 0.322 e. The number of nitrogens with one attached hydrogen (secondary N) is 1. The van der Waals surface area contributed by atoms with E-state index in [1.54, 1.807) is 12.3 Å². The first-order valence-electron chi connectivity index (χ1n) is 8.83. The van der Waals surface area contributed by atoms with E-state index in [1.165, 1.54) is 0 Å². The molecule has 132 valence electrons. The Morgan fingerprint density at radius 2 is 1.96 bits per heavy atom. The number of pyridine rings is 1. The van der Waals surface area contributed by atoms with Crippen LogP contribution in [0.1, 0.15) is 29.2 Å². The first-order valence-corrected chi connectivity index (χ1v) is 8.83. The Kier molecular flexibility index (Phi) is 3.64. The fourth-order valence-electron chi connectivity index (χ4n) is 3.18. The number of benzene rings is 2. The lowest BCUT2D eigenvalue weighted by Gasteiger charge is -2.09. The molecule has 0 radical (unpaired) electrons. The van der Waals surface area contributed by atoms with E-state index in [4.69, 9.17) is 0 Å². The van der Waals surface area contributed by atoms with Crippen LogP contribution in [0.15, 0.2) is 60.8 Å². The number of hydrogen-bond donors (Lipinski definition) is 1. The average molecular weight is 356 g/mol. The predicted octanol–water partition coefficient (Wildman–Crippen LogP) is 3.48. The molecule has 27 heavy (non-hydrogen) atoms. The molecule has 4 aromatic rings. The smallest absolute Gasteiger partial charge is 0.256 e. The van der Waals surface area contributed by atoms with Crippen molar-refractivity contribution in [3.8, 4) is 11.4 Å². The van der Waals surface area contributed by atoms with Crippen LogP contribution >= 0.6 is 0 Å². The number of tetrazole rings is 1. The minimum absolute atomic E-state index is 0.174. The van der Waals surface area contributed by atoms with E-state index in [9.17, 15) is 4.79 Å². The number of nitrogens with zero attached hydrogens (tertiary/aromatic N) is 5. The van der Waals surface area contributed by atoms with Crippen LogP contribution in [0.3, 0.4) is 0 Å². The summed E-state index contributed by atoms with van der Waals surface area (Å²) in [6, 6.07) is 17.2. The van der Waals surface area contributed by atoms with Gasteiger partial charge in [0.1, 0.15) is 0 Å². The third-order valence-electron chi connectivity index (χ3n) is 4.65. The third kappa shape index (κ3) is 2.93. The topological polar surface area (TPSA) is 85.6 Å². The Balaban J connectivity index is 1.45. The van der Waals surface area contributed by atoms with Crippen molar-refractivity contribution in [3.05, 3.63) is 66.4 Å². The van der Waals surface area contributed by atoms with Crippen molar-refractivity contribution < 1.29 is 4.79 Å². The van der Waals surface area contributed by atoms with Crippen molar-refractivity contribution >= 4 is 22.5 Å². The zero-order valence-corrected chi connectivity index (χ0v) is 14.4. The van der Waals surface area contributed by atoms with Crippen molar-refractivity contribution in [3.63, 3.8) is 0 Å². The lowest BCUT2D eigenvalue weighted by molar-refractivity contribution is 0.102. The van der Waals surface area contributed by atoms with E-state index in [-0.39, 0.29) is 5.91 Å². The highest BCUT2D eigenvalue weighted by atomic mass is 16.1. The highest BCUT2D eigenvalue weighted by Crippen LogP contribution is 2.36. The molecule has 0 unspecified atom stereocenters. The molecular weight excluding hydrogens is 340 g/mol. The molecule has 0 atom stereocenters. The highest BCUT2D eigenvalue weighted by molar-refractivity contribution is 6.12. The second-order valence-electron chi connectivity index (χ2n) is 6.59. The summed E-state index contributed by atoms with van der Waals surface area (Å²) in [6.45, 7) is 0. The fourth-order valence-corrected chi connectivity index (χ4v) is 3.18. The highest BCUT2D eigenvalue weighted by Gasteiger charge is 2.28. The van der Waals surface area contributed by atoms with Crippen molar-refractivity contribution in [2.75, 3.05) is 5.32 Å². The van der Waals surface area contributed by atoms with Gasteiger partial charge in [0.05, 0.1) is 11.6 Å². The Labute approximate surface area is 155 Å². The molecular formula is C20H16N6O. The Hall–Kier alpha value is -3.61. The van der Waals surface area contributed by atoms with Crippen LogP contribution in [0.4, 0.5) is 5.69 Å². The monoisotopic (exact) mass is 356 g/mol. The number of carbonyl (C=O) groups is 1. The molecule has 1 N–H and O–H groups in total. The summed E-state index contributed by atoms with van der Waals surface area (Å²) in [7, 11) is 0. The van der Waals surface area contributed by atoms with Gasteiger partial charge in [-0.2, -0.15) is 0 Å². The van der Waals surface area contributed by atoms with Crippen molar-refractivity contribution in [1.29, 1.82) is 0 Å². The summed E-state index contributed by atoms with van der Waals surface area (Å²) in [5.74, 6) is 0.551. The number of rotatable bonds is 4. The van der Waals surface area contributed by atoms with Crippen molar-refractivity contribution in [2.45, 2.75) is 18.9 Å². The van der Waals surface area contributed by atoms with Crippen molar-refractivity contribution in [2.24, 2.45) is 0 Å². The van der Waals surface area contributed by atoms with E-state index < -0.39 is 0 Å². The molecule has 0 bridgehead atoms. The van der Waals surface area contributed by atoms with Crippen LogP contribution in [0, 0.1) is 0 Å². The number of carbonyl (C=O) groups excluding carboxylic acids is 1. The molecule has 7 heteroatoms. The SMILES string of the molecule is O=C(Nc1cccc(-c2nnnn2C2CC2)c1)c1cccc2ncccc12. The molecule has 0 aliphatic heterocycles. The van der Waals surface area contributed by atoms with Gasteiger partial charge in [-0.25, -0.2) is 4.68 Å². The molecule has 1 fully saturated rings. The molecule has 1 saturated carbocycles. The maximum absolute atomic E-state index is 12.8. The lowest BCUT2D eigenvalue weighted by Crippen LogP contribution is -2.12. The molecule has 2 aromatic carbocycles. The molecule has 0 saturated heterocycles. The lowest BCUT2D eigenvalue weighted by atomic mass is 10.1. The predicted molar refractivity (Wildman–Crippen MR) is 101 cm³/mol. The number of aromatic nitrogens is 5. The second kappa shape index (κ2) is 6.28. The Bertz CT molecular complexity index is 1140. The zero-order chi connectivity index (χ0) is 18.2. The molecule has 1 aliphatic rings. The Morgan fingerprint density at radius 3 is 2.85 bits per heavy atom. The van der Waals surface area contributed by atoms with Gasteiger partial charge in [0.15, 0.2) is 5.82 Å². The van der Waals surface area contributed by atoms with Crippen LogP contribution in [-0.2, 0) is 0 Å². The van der Waals surface area contributed by atoms with Gasteiger partial charge < -0.3 is 5.32 Å². The Morgan fingerprint density at radius 1 is 1.07 bits per heavy atom. The molecule has 1 aliphatic carbocycles. The zero-order valence-electron chi connectivity index (χ0n) is 14.4. The number of amides is 1.